The van der Waals surface area contributed by atoms with Crippen LogP contribution in [-0.4, -0.2) is 27.2 Å². The number of para-hydroxylation sites is 1. The summed E-state index contributed by atoms with van der Waals surface area (Å²) in [5.74, 6) is 2.10. The van der Waals surface area contributed by atoms with Gasteiger partial charge in [-0.15, -0.1) is 0 Å². The van der Waals surface area contributed by atoms with E-state index in [9.17, 15) is 4.79 Å². The van der Waals surface area contributed by atoms with Gasteiger partial charge in [-0.05, 0) is 38.0 Å². The number of carbonyl (C=O) groups is 1. The summed E-state index contributed by atoms with van der Waals surface area (Å²) in [5, 5.41) is 3.04. The van der Waals surface area contributed by atoms with Gasteiger partial charge in [0.15, 0.2) is 11.5 Å². The first-order chi connectivity index (χ1) is 12.5. The molecule has 0 aliphatic rings. The lowest BCUT2D eigenvalue weighted by atomic mass is 10.0. The summed E-state index contributed by atoms with van der Waals surface area (Å²) in [7, 11) is 4.84. The van der Waals surface area contributed by atoms with Gasteiger partial charge in [-0.2, -0.15) is 0 Å². The Morgan fingerprint density at radius 3 is 2.42 bits per heavy atom. The third-order valence-electron chi connectivity index (χ3n) is 4.34. The van der Waals surface area contributed by atoms with Crippen molar-refractivity contribution in [1.29, 1.82) is 0 Å². The Balaban J connectivity index is 2.03. The molecule has 0 fully saturated rings. The number of nitrogens with one attached hydrogen (secondary N) is 1. The van der Waals surface area contributed by atoms with Crippen LogP contribution in [0.5, 0.6) is 17.2 Å². The molecule has 0 aromatic heterocycles. The normalized spacial score (nSPS) is 11.6. The van der Waals surface area contributed by atoms with Crippen LogP contribution < -0.4 is 19.5 Å². The van der Waals surface area contributed by atoms with Crippen molar-refractivity contribution < 1.29 is 19.0 Å². The molecule has 0 heterocycles. The Bertz CT molecular complexity index is 758. The summed E-state index contributed by atoms with van der Waals surface area (Å²) in [5.41, 5.74) is 3.05. The summed E-state index contributed by atoms with van der Waals surface area (Å²) in [4.78, 5) is 12.4. The van der Waals surface area contributed by atoms with E-state index in [1.165, 1.54) is 0 Å². The lowest BCUT2D eigenvalue weighted by molar-refractivity contribution is -0.121. The maximum Gasteiger partial charge on any atom is 0.220 e. The van der Waals surface area contributed by atoms with Crippen molar-refractivity contribution in [1.82, 2.24) is 5.32 Å². The highest BCUT2D eigenvalue weighted by molar-refractivity contribution is 5.77. The van der Waals surface area contributed by atoms with Gasteiger partial charge < -0.3 is 19.5 Å². The standard InChI is InChI=1S/C21H27NO4/c1-14-9-11-18(24-3)17(13-14)15(2)22-20(23)12-10-16-7-6-8-19(25-4)21(16)26-5/h6-9,11,13,15H,10,12H2,1-5H3,(H,22,23)/t15-/m1/s1. The molecule has 0 radical (unpaired) electrons. The van der Waals surface area contributed by atoms with Crippen LogP contribution >= 0.6 is 0 Å². The molecule has 0 spiro atoms. The molecule has 0 aliphatic carbocycles. The number of carbonyl (C=O) groups excluding carboxylic acids is 1. The molecule has 2 aromatic carbocycles. The van der Waals surface area contributed by atoms with Gasteiger partial charge in [-0.1, -0.05) is 29.8 Å². The zero-order chi connectivity index (χ0) is 19.1. The Labute approximate surface area is 155 Å². The van der Waals surface area contributed by atoms with E-state index >= 15 is 0 Å². The Kier molecular flexibility index (Phi) is 6.89. The van der Waals surface area contributed by atoms with E-state index in [1.54, 1.807) is 21.3 Å². The van der Waals surface area contributed by atoms with Crippen LogP contribution in [0.25, 0.3) is 0 Å². The van der Waals surface area contributed by atoms with Gasteiger partial charge in [-0.25, -0.2) is 0 Å². The molecule has 5 nitrogen and oxygen atoms in total. The third kappa shape index (κ3) is 4.69. The predicted octanol–water partition coefficient (Wildman–Crippen LogP) is 3.83. The van der Waals surface area contributed by atoms with Crippen molar-refractivity contribution in [3.05, 3.63) is 53.1 Å². The molecular weight excluding hydrogens is 330 g/mol. The number of hydrogen-bond acceptors (Lipinski definition) is 4. The zero-order valence-electron chi connectivity index (χ0n) is 16.1. The molecule has 1 atom stereocenters. The third-order valence-corrected chi connectivity index (χ3v) is 4.34. The van der Waals surface area contributed by atoms with Crippen LogP contribution in [0.3, 0.4) is 0 Å². The van der Waals surface area contributed by atoms with Crippen LogP contribution in [0, 0.1) is 6.92 Å². The first-order valence-electron chi connectivity index (χ1n) is 8.64. The second-order valence-electron chi connectivity index (χ2n) is 6.19. The number of methoxy groups -OCH3 is 3. The molecule has 26 heavy (non-hydrogen) atoms. The zero-order valence-corrected chi connectivity index (χ0v) is 16.1. The summed E-state index contributed by atoms with van der Waals surface area (Å²) in [6.07, 6.45) is 0.936. The summed E-state index contributed by atoms with van der Waals surface area (Å²) in [6, 6.07) is 11.5. The fourth-order valence-corrected chi connectivity index (χ4v) is 2.98. The summed E-state index contributed by atoms with van der Waals surface area (Å²) < 4.78 is 16.1. The maximum absolute atomic E-state index is 12.4. The van der Waals surface area contributed by atoms with Crippen LogP contribution in [0.15, 0.2) is 36.4 Å². The molecule has 0 unspecified atom stereocenters. The van der Waals surface area contributed by atoms with Crippen LogP contribution in [0.1, 0.15) is 36.1 Å². The second-order valence-corrected chi connectivity index (χ2v) is 6.19. The van der Waals surface area contributed by atoms with Crippen molar-refractivity contribution in [3.63, 3.8) is 0 Å². The van der Waals surface area contributed by atoms with Crippen LogP contribution in [0.4, 0.5) is 0 Å². The van der Waals surface area contributed by atoms with E-state index in [-0.39, 0.29) is 11.9 Å². The quantitative estimate of drug-likeness (QED) is 0.780. The van der Waals surface area contributed by atoms with E-state index in [2.05, 4.69) is 5.32 Å². The molecule has 1 N–H and O–H groups in total. The number of ether oxygens (including phenoxy) is 3. The van der Waals surface area contributed by atoms with Crippen molar-refractivity contribution in [2.24, 2.45) is 0 Å². The number of rotatable bonds is 8. The van der Waals surface area contributed by atoms with E-state index in [0.717, 1.165) is 22.4 Å². The summed E-state index contributed by atoms with van der Waals surface area (Å²) >= 11 is 0. The van der Waals surface area contributed by atoms with Crippen LogP contribution in [-0.2, 0) is 11.2 Å². The molecule has 140 valence electrons. The summed E-state index contributed by atoms with van der Waals surface area (Å²) in [6.45, 7) is 3.98. The molecule has 5 heteroatoms. The number of amides is 1. The molecule has 0 saturated heterocycles. The van der Waals surface area contributed by atoms with E-state index in [4.69, 9.17) is 14.2 Å². The van der Waals surface area contributed by atoms with Gasteiger partial charge in [0.2, 0.25) is 5.91 Å². The molecule has 1 amide bonds. The number of hydrogen-bond donors (Lipinski definition) is 1. The number of benzene rings is 2. The molecule has 2 rings (SSSR count). The smallest absolute Gasteiger partial charge is 0.220 e. The van der Waals surface area contributed by atoms with Crippen molar-refractivity contribution in [2.45, 2.75) is 32.7 Å². The Morgan fingerprint density at radius 2 is 1.77 bits per heavy atom. The van der Waals surface area contributed by atoms with Gasteiger partial charge in [0.1, 0.15) is 5.75 Å². The van der Waals surface area contributed by atoms with E-state index < -0.39 is 0 Å². The minimum atomic E-state index is -0.135. The van der Waals surface area contributed by atoms with Crippen molar-refractivity contribution >= 4 is 5.91 Å². The van der Waals surface area contributed by atoms with Crippen LogP contribution in [0.2, 0.25) is 0 Å². The molecular formula is C21H27NO4. The van der Waals surface area contributed by atoms with Gasteiger partial charge in [-0.3, -0.25) is 4.79 Å². The van der Waals surface area contributed by atoms with Crippen molar-refractivity contribution in [2.75, 3.05) is 21.3 Å². The van der Waals surface area contributed by atoms with E-state index in [1.807, 2.05) is 50.2 Å². The van der Waals surface area contributed by atoms with Gasteiger partial charge in [0.25, 0.3) is 0 Å². The van der Waals surface area contributed by atoms with Gasteiger partial charge >= 0.3 is 0 Å². The van der Waals surface area contributed by atoms with Gasteiger partial charge in [0.05, 0.1) is 27.4 Å². The molecule has 0 saturated carbocycles. The molecule has 0 bridgehead atoms. The fraction of sp³-hybridized carbons (Fsp3) is 0.381. The Hall–Kier alpha value is -2.69. The largest absolute Gasteiger partial charge is 0.496 e. The van der Waals surface area contributed by atoms with Crippen molar-refractivity contribution in [3.8, 4) is 17.2 Å². The lowest BCUT2D eigenvalue weighted by Crippen LogP contribution is -2.27. The highest BCUT2D eigenvalue weighted by atomic mass is 16.5. The maximum atomic E-state index is 12.4. The second kappa shape index (κ2) is 9.13. The SMILES string of the molecule is COc1ccc(C)cc1[C@@H](C)NC(=O)CCc1cccc(OC)c1OC. The minimum absolute atomic E-state index is 0.0223. The first kappa shape index (κ1) is 19.6. The average Bonchev–Trinajstić information content (AvgIpc) is 2.65. The minimum Gasteiger partial charge on any atom is -0.496 e. The fourth-order valence-electron chi connectivity index (χ4n) is 2.98. The van der Waals surface area contributed by atoms with Gasteiger partial charge in [0, 0.05) is 12.0 Å². The molecule has 0 aliphatic heterocycles. The topological polar surface area (TPSA) is 56.8 Å². The molecule has 2 aromatic rings. The predicted molar refractivity (Wildman–Crippen MR) is 102 cm³/mol. The monoisotopic (exact) mass is 357 g/mol. The first-order valence-corrected chi connectivity index (χ1v) is 8.64. The highest BCUT2D eigenvalue weighted by Crippen LogP contribution is 2.31. The number of aryl methyl sites for hydroxylation is 2. The lowest BCUT2D eigenvalue weighted by Gasteiger charge is -2.18. The highest BCUT2D eigenvalue weighted by Gasteiger charge is 2.16. The average molecular weight is 357 g/mol. The Morgan fingerprint density at radius 1 is 1.04 bits per heavy atom. The van der Waals surface area contributed by atoms with E-state index in [0.29, 0.717) is 24.3 Å².